The fourth-order valence-corrected chi connectivity index (χ4v) is 3.29. The van der Waals surface area contributed by atoms with Gasteiger partial charge < -0.3 is 15.5 Å². The van der Waals surface area contributed by atoms with E-state index < -0.39 is 0 Å². The highest BCUT2D eigenvalue weighted by molar-refractivity contribution is 9.10. The molecule has 6 nitrogen and oxygen atoms in total. The summed E-state index contributed by atoms with van der Waals surface area (Å²) in [4.78, 5) is 37.2. The molecule has 0 aromatic heterocycles. The molecule has 3 rings (SSSR count). The van der Waals surface area contributed by atoms with Gasteiger partial charge in [0.05, 0.1) is 0 Å². The topological polar surface area (TPSA) is 78.5 Å². The molecule has 0 spiro atoms. The average Bonchev–Trinajstić information content (AvgIpc) is 2.59. The number of fused-ring (bicyclic) bond motifs is 1. The Morgan fingerprint density at radius 1 is 1.04 bits per heavy atom. The minimum absolute atomic E-state index is 0.0408. The Hall–Kier alpha value is -2.67. The summed E-state index contributed by atoms with van der Waals surface area (Å²) in [7, 11) is 0. The minimum Gasteiger partial charge on any atom is -0.326 e. The molecule has 3 amide bonds. The number of carbonyl (C=O) groups excluding carboxylic acids is 3. The van der Waals surface area contributed by atoms with E-state index in [1.54, 1.807) is 24.3 Å². The average molecular weight is 416 g/mol. The summed E-state index contributed by atoms with van der Waals surface area (Å²) in [6, 6.07) is 12.5. The number of aryl methyl sites for hydroxylation is 1. The smallest absolute Gasteiger partial charge is 0.244 e. The normalized spacial score (nSPS) is 13.2. The maximum absolute atomic E-state index is 12.4. The molecule has 0 bridgehead atoms. The number of rotatable bonds is 4. The third-order valence-corrected chi connectivity index (χ3v) is 4.53. The van der Waals surface area contributed by atoms with Crippen molar-refractivity contribution in [1.29, 1.82) is 0 Å². The van der Waals surface area contributed by atoms with Crippen LogP contribution in [-0.2, 0) is 20.8 Å². The molecule has 0 saturated carbocycles. The zero-order valence-electron chi connectivity index (χ0n) is 14.2. The number of nitrogens with one attached hydrogen (secondary N) is 2. The van der Waals surface area contributed by atoms with Gasteiger partial charge in [0.25, 0.3) is 0 Å². The fourth-order valence-electron chi connectivity index (χ4n) is 2.89. The maximum atomic E-state index is 12.4. The van der Waals surface area contributed by atoms with Crippen molar-refractivity contribution in [3.8, 4) is 0 Å². The van der Waals surface area contributed by atoms with Crippen molar-refractivity contribution in [2.45, 2.75) is 19.8 Å². The molecular weight excluding hydrogens is 398 g/mol. The number of halogens is 1. The van der Waals surface area contributed by atoms with Crippen molar-refractivity contribution >= 4 is 50.7 Å². The molecule has 26 heavy (non-hydrogen) atoms. The predicted octanol–water partition coefficient (Wildman–Crippen LogP) is 3.33. The second-order valence-electron chi connectivity index (χ2n) is 6.06. The molecule has 1 aliphatic rings. The van der Waals surface area contributed by atoms with E-state index in [-0.39, 0.29) is 24.3 Å². The van der Waals surface area contributed by atoms with Gasteiger partial charge in [-0.05, 0) is 54.4 Å². The van der Waals surface area contributed by atoms with Crippen LogP contribution in [0, 0.1) is 0 Å². The number of amides is 3. The number of hydrogen-bond donors (Lipinski definition) is 2. The molecule has 2 aromatic rings. The molecule has 0 radical (unpaired) electrons. The number of nitrogens with zero attached hydrogens (tertiary/aromatic N) is 1. The van der Waals surface area contributed by atoms with Crippen LogP contribution in [-0.4, -0.2) is 24.3 Å². The molecule has 0 atom stereocenters. The SMILES string of the molecule is CC(=O)Nc1ccc(NC(=O)CN2C(=O)CCc3cc(Br)ccc32)cc1. The molecule has 0 unspecified atom stereocenters. The summed E-state index contributed by atoms with van der Waals surface area (Å²) in [5, 5.41) is 5.44. The van der Waals surface area contributed by atoms with Crippen molar-refractivity contribution in [2.75, 3.05) is 22.1 Å². The van der Waals surface area contributed by atoms with Gasteiger partial charge >= 0.3 is 0 Å². The van der Waals surface area contributed by atoms with Crippen molar-refractivity contribution in [2.24, 2.45) is 0 Å². The van der Waals surface area contributed by atoms with Crippen LogP contribution < -0.4 is 15.5 Å². The highest BCUT2D eigenvalue weighted by atomic mass is 79.9. The summed E-state index contributed by atoms with van der Waals surface area (Å²) >= 11 is 3.43. The molecule has 134 valence electrons. The second-order valence-corrected chi connectivity index (χ2v) is 6.98. The summed E-state index contributed by atoms with van der Waals surface area (Å²) in [5.41, 5.74) is 3.08. The van der Waals surface area contributed by atoms with E-state index in [2.05, 4.69) is 26.6 Å². The first kappa shape index (κ1) is 18.1. The summed E-state index contributed by atoms with van der Waals surface area (Å²) in [6.07, 6.45) is 1.07. The second kappa shape index (κ2) is 7.70. The zero-order chi connectivity index (χ0) is 18.7. The standard InChI is InChI=1S/C19H18BrN3O3/c1-12(24)21-15-4-6-16(7-5-15)22-18(25)11-23-17-8-3-14(20)10-13(17)2-9-19(23)26/h3-8,10H,2,9,11H2,1H3,(H,21,24)(H,22,25). The quantitative estimate of drug-likeness (QED) is 0.803. The van der Waals surface area contributed by atoms with Crippen LogP contribution in [0.2, 0.25) is 0 Å². The Morgan fingerprint density at radius 2 is 1.69 bits per heavy atom. The van der Waals surface area contributed by atoms with Gasteiger partial charge in [-0.2, -0.15) is 0 Å². The monoisotopic (exact) mass is 415 g/mol. The molecule has 2 aromatic carbocycles. The Balaban J connectivity index is 1.68. The number of benzene rings is 2. The number of anilines is 3. The number of hydrogen-bond acceptors (Lipinski definition) is 3. The van der Waals surface area contributed by atoms with Gasteiger partial charge in [0, 0.05) is 34.9 Å². The van der Waals surface area contributed by atoms with E-state index in [1.165, 1.54) is 11.8 Å². The predicted molar refractivity (Wildman–Crippen MR) is 104 cm³/mol. The van der Waals surface area contributed by atoms with Crippen LogP contribution in [0.5, 0.6) is 0 Å². The van der Waals surface area contributed by atoms with E-state index in [9.17, 15) is 14.4 Å². The van der Waals surface area contributed by atoms with E-state index in [4.69, 9.17) is 0 Å². The molecule has 0 saturated heterocycles. The zero-order valence-corrected chi connectivity index (χ0v) is 15.8. The van der Waals surface area contributed by atoms with Crippen LogP contribution in [0.1, 0.15) is 18.9 Å². The first-order valence-corrected chi connectivity index (χ1v) is 8.98. The Kier molecular flexibility index (Phi) is 5.37. The lowest BCUT2D eigenvalue weighted by Crippen LogP contribution is -2.40. The Labute approximate surface area is 159 Å². The molecule has 1 heterocycles. The first-order valence-electron chi connectivity index (χ1n) is 8.18. The molecule has 0 fully saturated rings. The van der Waals surface area contributed by atoms with E-state index >= 15 is 0 Å². The minimum atomic E-state index is -0.276. The van der Waals surface area contributed by atoms with Gasteiger partial charge in [-0.15, -0.1) is 0 Å². The lowest BCUT2D eigenvalue weighted by molar-refractivity contribution is -0.121. The lowest BCUT2D eigenvalue weighted by Gasteiger charge is -2.29. The van der Waals surface area contributed by atoms with Crippen LogP contribution in [0.3, 0.4) is 0 Å². The third-order valence-electron chi connectivity index (χ3n) is 4.03. The van der Waals surface area contributed by atoms with E-state index in [1.807, 2.05) is 18.2 Å². The first-order chi connectivity index (χ1) is 12.4. The molecular formula is C19H18BrN3O3. The van der Waals surface area contributed by atoms with Crippen LogP contribution in [0.4, 0.5) is 17.1 Å². The van der Waals surface area contributed by atoms with E-state index in [0.29, 0.717) is 24.2 Å². The van der Waals surface area contributed by atoms with E-state index in [0.717, 1.165) is 15.7 Å². The van der Waals surface area contributed by atoms with Crippen molar-refractivity contribution < 1.29 is 14.4 Å². The van der Waals surface area contributed by atoms with Crippen molar-refractivity contribution in [3.05, 3.63) is 52.5 Å². The maximum Gasteiger partial charge on any atom is 0.244 e. The summed E-state index contributed by atoms with van der Waals surface area (Å²) in [5.74, 6) is -0.493. The highest BCUT2D eigenvalue weighted by Crippen LogP contribution is 2.30. The van der Waals surface area contributed by atoms with Gasteiger partial charge in [0.2, 0.25) is 17.7 Å². The highest BCUT2D eigenvalue weighted by Gasteiger charge is 2.26. The van der Waals surface area contributed by atoms with Gasteiger partial charge in [-0.25, -0.2) is 0 Å². The molecule has 0 aliphatic carbocycles. The molecule has 2 N–H and O–H groups in total. The Morgan fingerprint density at radius 3 is 2.35 bits per heavy atom. The van der Waals surface area contributed by atoms with Crippen molar-refractivity contribution in [3.63, 3.8) is 0 Å². The van der Waals surface area contributed by atoms with Crippen LogP contribution in [0.15, 0.2) is 46.9 Å². The largest absolute Gasteiger partial charge is 0.326 e. The Bertz CT molecular complexity index is 865. The summed E-state index contributed by atoms with van der Waals surface area (Å²) in [6.45, 7) is 1.39. The molecule has 1 aliphatic heterocycles. The number of carbonyl (C=O) groups is 3. The third kappa shape index (κ3) is 4.29. The van der Waals surface area contributed by atoms with Gasteiger partial charge in [0.1, 0.15) is 6.54 Å². The van der Waals surface area contributed by atoms with Crippen LogP contribution in [0.25, 0.3) is 0 Å². The van der Waals surface area contributed by atoms with Crippen molar-refractivity contribution in [1.82, 2.24) is 0 Å². The van der Waals surface area contributed by atoms with Gasteiger partial charge in [-0.1, -0.05) is 15.9 Å². The fraction of sp³-hybridized carbons (Fsp3) is 0.211. The van der Waals surface area contributed by atoms with Crippen LogP contribution >= 0.6 is 15.9 Å². The molecule has 7 heteroatoms. The lowest BCUT2D eigenvalue weighted by atomic mass is 10.0. The van der Waals surface area contributed by atoms with Gasteiger partial charge in [0.15, 0.2) is 0 Å². The van der Waals surface area contributed by atoms with Gasteiger partial charge in [-0.3, -0.25) is 14.4 Å². The summed E-state index contributed by atoms with van der Waals surface area (Å²) < 4.78 is 0.953.